The first-order chi connectivity index (χ1) is 4.96. The average Bonchev–Trinajstić information content (AvgIpc) is 2.36. The Morgan fingerprint density at radius 2 is 2.00 bits per heavy atom. The molecule has 1 rings (SSSR count). The minimum Gasteiger partial charge on any atom is -0.281 e. The minimum atomic E-state index is -0.901. The van der Waals surface area contributed by atoms with Crippen LogP contribution >= 0.6 is 34.8 Å². The SMILES string of the molecule is CCCC1(C(=O)Cl)CC1(Cl)Cl. The molecule has 11 heavy (non-hydrogen) atoms. The normalized spacial score (nSPS) is 33.5. The first kappa shape index (κ1) is 9.63. The Morgan fingerprint density at radius 1 is 1.55 bits per heavy atom. The Balaban J connectivity index is 2.71. The number of halogens is 3. The van der Waals surface area contributed by atoms with Gasteiger partial charge in [0.15, 0.2) is 0 Å². The van der Waals surface area contributed by atoms with Gasteiger partial charge in [0.1, 0.15) is 4.33 Å². The number of carbonyl (C=O) groups excluding carboxylic acids is 1. The van der Waals surface area contributed by atoms with E-state index in [1.807, 2.05) is 6.92 Å². The van der Waals surface area contributed by atoms with Crippen LogP contribution in [0.15, 0.2) is 0 Å². The third-order valence-corrected chi connectivity index (χ3v) is 3.50. The molecule has 0 radical (unpaired) electrons. The first-order valence-electron chi connectivity index (χ1n) is 3.54. The molecule has 0 aromatic heterocycles. The number of alkyl halides is 2. The second-order valence-corrected chi connectivity index (χ2v) is 4.81. The Morgan fingerprint density at radius 3 is 2.09 bits per heavy atom. The van der Waals surface area contributed by atoms with Gasteiger partial charge >= 0.3 is 0 Å². The average molecular weight is 216 g/mol. The van der Waals surface area contributed by atoms with E-state index in [4.69, 9.17) is 34.8 Å². The van der Waals surface area contributed by atoms with Gasteiger partial charge in [0.25, 0.3) is 0 Å². The molecule has 1 aliphatic rings. The molecule has 0 saturated heterocycles. The van der Waals surface area contributed by atoms with Crippen LogP contribution in [-0.2, 0) is 4.79 Å². The van der Waals surface area contributed by atoms with E-state index in [9.17, 15) is 4.79 Å². The molecule has 0 aromatic carbocycles. The fourth-order valence-corrected chi connectivity index (χ4v) is 2.58. The molecular formula is C7H9Cl3O. The highest BCUT2D eigenvalue weighted by Gasteiger charge is 2.69. The molecular weight excluding hydrogens is 206 g/mol. The van der Waals surface area contributed by atoms with E-state index >= 15 is 0 Å². The summed E-state index contributed by atoms with van der Waals surface area (Å²) in [5.41, 5.74) is -0.646. The van der Waals surface area contributed by atoms with E-state index in [-0.39, 0.29) is 0 Å². The van der Waals surface area contributed by atoms with Crippen molar-refractivity contribution in [3.05, 3.63) is 0 Å². The van der Waals surface area contributed by atoms with Crippen LogP contribution in [0.1, 0.15) is 26.2 Å². The van der Waals surface area contributed by atoms with Crippen molar-refractivity contribution in [2.75, 3.05) is 0 Å². The second kappa shape index (κ2) is 2.79. The van der Waals surface area contributed by atoms with Crippen molar-refractivity contribution in [1.29, 1.82) is 0 Å². The van der Waals surface area contributed by atoms with Crippen LogP contribution in [0.25, 0.3) is 0 Å². The third kappa shape index (κ3) is 1.39. The second-order valence-electron chi connectivity index (χ2n) is 2.99. The van der Waals surface area contributed by atoms with Crippen molar-refractivity contribution in [1.82, 2.24) is 0 Å². The number of rotatable bonds is 3. The van der Waals surface area contributed by atoms with E-state index in [0.29, 0.717) is 12.8 Å². The van der Waals surface area contributed by atoms with Gasteiger partial charge in [-0.05, 0) is 24.4 Å². The van der Waals surface area contributed by atoms with Gasteiger partial charge in [-0.15, -0.1) is 23.2 Å². The monoisotopic (exact) mass is 214 g/mol. The summed E-state index contributed by atoms with van der Waals surface area (Å²) in [4.78, 5) is 10.9. The lowest BCUT2D eigenvalue weighted by Crippen LogP contribution is -2.16. The molecule has 1 saturated carbocycles. The third-order valence-electron chi connectivity index (χ3n) is 2.15. The first-order valence-corrected chi connectivity index (χ1v) is 4.67. The van der Waals surface area contributed by atoms with E-state index in [1.165, 1.54) is 0 Å². The zero-order valence-corrected chi connectivity index (χ0v) is 8.43. The van der Waals surface area contributed by atoms with Gasteiger partial charge in [0.2, 0.25) is 5.24 Å². The van der Waals surface area contributed by atoms with E-state index in [2.05, 4.69) is 0 Å². The molecule has 0 N–H and O–H groups in total. The van der Waals surface area contributed by atoms with E-state index in [0.717, 1.165) is 6.42 Å². The van der Waals surface area contributed by atoms with Crippen LogP contribution < -0.4 is 0 Å². The van der Waals surface area contributed by atoms with Crippen molar-refractivity contribution in [2.45, 2.75) is 30.5 Å². The predicted molar refractivity (Wildman–Crippen MR) is 47.3 cm³/mol. The summed E-state index contributed by atoms with van der Waals surface area (Å²) >= 11 is 17.0. The fourth-order valence-electron chi connectivity index (χ4n) is 1.34. The summed E-state index contributed by atoms with van der Waals surface area (Å²) in [5.74, 6) is 0. The Bertz CT molecular complexity index is 190. The standard InChI is InChI=1S/C7H9Cl3O/c1-2-3-6(5(8)11)4-7(6,9)10/h2-4H2,1H3. The quantitative estimate of drug-likeness (QED) is 0.522. The molecule has 64 valence electrons. The summed E-state index contributed by atoms with van der Waals surface area (Å²) in [6.45, 7) is 1.98. The van der Waals surface area contributed by atoms with Gasteiger partial charge in [-0.25, -0.2) is 0 Å². The molecule has 0 amide bonds. The summed E-state index contributed by atoms with van der Waals surface area (Å²) in [6, 6.07) is 0. The van der Waals surface area contributed by atoms with Gasteiger partial charge in [0, 0.05) is 0 Å². The molecule has 1 nitrogen and oxygen atoms in total. The zero-order valence-electron chi connectivity index (χ0n) is 6.16. The van der Waals surface area contributed by atoms with E-state index < -0.39 is 15.0 Å². The highest BCUT2D eigenvalue weighted by atomic mass is 35.5. The Labute approximate surface area is 81.0 Å². The van der Waals surface area contributed by atoms with Gasteiger partial charge in [-0.2, -0.15) is 0 Å². The van der Waals surface area contributed by atoms with Crippen LogP contribution in [0, 0.1) is 5.41 Å². The maximum Gasteiger partial charge on any atom is 0.230 e. The van der Waals surface area contributed by atoms with Crippen molar-refractivity contribution < 1.29 is 4.79 Å². The molecule has 4 heteroatoms. The molecule has 0 aromatic rings. The Hall–Kier alpha value is 0.540. The lowest BCUT2D eigenvalue weighted by molar-refractivity contribution is -0.116. The smallest absolute Gasteiger partial charge is 0.230 e. The van der Waals surface area contributed by atoms with Crippen molar-refractivity contribution in [3.8, 4) is 0 Å². The highest BCUT2D eigenvalue weighted by Crippen LogP contribution is 2.67. The summed E-state index contributed by atoms with van der Waals surface area (Å²) in [6.07, 6.45) is 2.06. The van der Waals surface area contributed by atoms with Crippen molar-refractivity contribution in [3.63, 3.8) is 0 Å². The van der Waals surface area contributed by atoms with Gasteiger partial charge < -0.3 is 0 Å². The Kier molecular flexibility index (Phi) is 2.44. The topological polar surface area (TPSA) is 17.1 Å². The van der Waals surface area contributed by atoms with Gasteiger partial charge in [0.05, 0.1) is 5.41 Å². The van der Waals surface area contributed by atoms with Crippen LogP contribution in [0.4, 0.5) is 0 Å². The molecule has 1 fully saturated rings. The largest absolute Gasteiger partial charge is 0.281 e. The molecule has 0 heterocycles. The molecule has 0 spiro atoms. The van der Waals surface area contributed by atoms with Crippen molar-refractivity contribution in [2.24, 2.45) is 5.41 Å². The van der Waals surface area contributed by atoms with Crippen molar-refractivity contribution >= 4 is 40.0 Å². The van der Waals surface area contributed by atoms with Crippen LogP contribution in [0.3, 0.4) is 0 Å². The number of hydrogen-bond donors (Lipinski definition) is 0. The lowest BCUT2D eigenvalue weighted by atomic mass is 10.0. The van der Waals surface area contributed by atoms with Gasteiger partial charge in [-0.3, -0.25) is 4.79 Å². The van der Waals surface area contributed by atoms with E-state index in [1.54, 1.807) is 0 Å². The minimum absolute atomic E-state index is 0.399. The molecule has 0 bridgehead atoms. The maximum absolute atomic E-state index is 10.9. The number of hydrogen-bond acceptors (Lipinski definition) is 1. The molecule has 1 aliphatic carbocycles. The summed E-state index contributed by atoms with van der Waals surface area (Å²) in [7, 11) is 0. The predicted octanol–water partition coefficient (Wildman–Crippen LogP) is 3.12. The zero-order chi connectivity index (χ0) is 8.70. The summed E-state index contributed by atoms with van der Waals surface area (Å²) in [5, 5.41) is -0.399. The summed E-state index contributed by atoms with van der Waals surface area (Å²) < 4.78 is -0.901. The van der Waals surface area contributed by atoms with Gasteiger partial charge in [-0.1, -0.05) is 13.3 Å². The molecule has 0 aliphatic heterocycles. The van der Waals surface area contributed by atoms with Crippen LogP contribution in [-0.4, -0.2) is 9.58 Å². The molecule has 1 unspecified atom stereocenters. The maximum atomic E-state index is 10.9. The molecule has 1 atom stereocenters. The lowest BCUT2D eigenvalue weighted by Gasteiger charge is -2.10. The van der Waals surface area contributed by atoms with Crippen LogP contribution in [0.2, 0.25) is 0 Å². The van der Waals surface area contributed by atoms with Crippen LogP contribution in [0.5, 0.6) is 0 Å². The number of carbonyl (C=O) groups is 1. The highest BCUT2D eigenvalue weighted by molar-refractivity contribution is 6.68. The fraction of sp³-hybridized carbons (Fsp3) is 0.857.